The van der Waals surface area contributed by atoms with Crippen molar-refractivity contribution in [3.63, 3.8) is 0 Å². The van der Waals surface area contributed by atoms with Gasteiger partial charge in [-0.05, 0) is 46.8 Å². The second-order valence-corrected chi connectivity index (χ2v) is 5.93. The Morgan fingerprint density at radius 2 is 1.87 bits per heavy atom. The van der Waals surface area contributed by atoms with Crippen LogP contribution in [-0.4, -0.2) is 31.9 Å². The van der Waals surface area contributed by atoms with Crippen molar-refractivity contribution < 1.29 is 4.79 Å². The third kappa shape index (κ3) is 4.08. The second kappa shape index (κ2) is 7.26. The fourth-order valence-corrected chi connectivity index (χ4v) is 2.68. The minimum atomic E-state index is -0.119. The lowest BCUT2D eigenvalue weighted by Crippen LogP contribution is -2.14. The molecule has 1 heterocycles. The van der Waals surface area contributed by atoms with Gasteiger partial charge >= 0.3 is 0 Å². The highest BCUT2D eigenvalue weighted by atomic mass is 35.5. The minimum Gasteiger partial charge on any atom is -0.325 e. The van der Waals surface area contributed by atoms with Gasteiger partial charge in [0.05, 0.1) is 11.4 Å². The Hall–Kier alpha value is -2.38. The highest BCUT2D eigenvalue weighted by Gasteiger charge is 2.11. The molecular weight excluding hydrogens is 334 g/mol. The van der Waals surface area contributed by atoms with Gasteiger partial charge in [-0.15, -0.1) is 5.10 Å². The van der Waals surface area contributed by atoms with Crippen molar-refractivity contribution in [3.05, 3.63) is 59.6 Å². The zero-order valence-electron chi connectivity index (χ0n) is 11.9. The first-order valence-electron chi connectivity index (χ1n) is 6.74. The number of carbonyl (C=O) groups excluding carboxylic acids is 1. The first-order valence-corrected chi connectivity index (χ1v) is 8.11. The van der Waals surface area contributed by atoms with Crippen LogP contribution < -0.4 is 5.32 Å². The number of para-hydroxylation sites is 1. The fourth-order valence-electron chi connectivity index (χ4n) is 1.86. The monoisotopic (exact) mass is 345 g/mol. The summed E-state index contributed by atoms with van der Waals surface area (Å²) < 4.78 is 1.57. The average Bonchev–Trinajstić information content (AvgIpc) is 3.03. The maximum absolute atomic E-state index is 12.0. The maximum Gasteiger partial charge on any atom is 0.234 e. The van der Waals surface area contributed by atoms with E-state index in [0.29, 0.717) is 10.2 Å². The van der Waals surface area contributed by atoms with E-state index in [0.717, 1.165) is 11.4 Å². The summed E-state index contributed by atoms with van der Waals surface area (Å²) in [5.74, 6) is 0.0925. The van der Waals surface area contributed by atoms with Crippen molar-refractivity contribution in [2.24, 2.45) is 0 Å². The molecule has 0 aliphatic carbocycles. The number of anilines is 1. The lowest BCUT2D eigenvalue weighted by atomic mass is 10.3. The zero-order chi connectivity index (χ0) is 16.1. The van der Waals surface area contributed by atoms with Crippen LogP contribution in [0.1, 0.15) is 0 Å². The highest BCUT2D eigenvalue weighted by Crippen LogP contribution is 2.20. The topological polar surface area (TPSA) is 72.7 Å². The molecule has 1 amide bonds. The Labute approximate surface area is 141 Å². The van der Waals surface area contributed by atoms with Crippen LogP contribution in [0.4, 0.5) is 5.69 Å². The number of carbonyl (C=O) groups is 1. The van der Waals surface area contributed by atoms with Gasteiger partial charge in [-0.3, -0.25) is 4.79 Å². The number of benzene rings is 2. The number of nitrogens with one attached hydrogen (secondary N) is 1. The average molecular weight is 346 g/mol. The van der Waals surface area contributed by atoms with Crippen LogP contribution in [0.2, 0.25) is 5.02 Å². The van der Waals surface area contributed by atoms with Gasteiger partial charge in [-0.2, -0.15) is 4.68 Å². The fraction of sp³-hybridized carbons (Fsp3) is 0.0667. The van der Waals surface area contributed by atoms with Gasteiger partial charge in [0.25, 0.3) is 0 Å². The Kier molecular flexibility index (Phi) is 4.89. The van der Waals surface area contributed by atoms with Crippen LogP contribution in [0.5, 0.6) is 0 Å². The van der Waals surface area contributed by atoms with Crippen molar-refractivity contribution in [1.29, 1.82) is 0 Å². The lowest BCUT2D eigenvalue weighted by Gasteiger charge is -2.05. The number of hydrogen-bond acceptors (Lipinski definition) is 5. The highest BCUT2D eigenvalue weighted by molar-refractivity contribution is 7.99. The molecule has 23 heavy (non-hydrogen) atoms. The number of amides is 1. The molecule has 0 atom stereocenters. The predicted molar refractivity (Wildman–Crippen MR) is 90.0 cm³/mol. The van der Waals surface area contributed by atoms with Gasteiger partial charge in [0.2, 0.25) is 11.1 Å². The molecule has 0 unspecified atom stereocenters. The van der Waals surface area contributed by atoms with Gasteiger partial charge in [0, 0.05) is 10.7 Å². The molecule has 2 aromatic carbocycles. The molecule has 0 fully saturated rings. The van der Waals surface area contributed by atoms with Crippen LogP contribution in [-0.2, 0) is 4.79 Å². The molecule has 0 bridgehead atoms. The van der Waals surface area contributed by atoms with Crippen molar-refractivity contribution in [3.8, 4) is 5.69 Å². The van der Waals surface area contributed by atoms with E-state index in [1.807, 2.05) is 42.5 Å². The number of aromatic nitrogens is 4. The number of nitrogens with zero attached hydrogens (tertiary/aromatic N) is 4. The number of hydrogen-bond donors (Lipinski definition) is 1. The minimum absolute atomic E-state index is 0.119. The molecule has 0 aliphatic rings. The number of tetrazole rings is 1. The lowest BCUT2D eigenvalue weighted by molar-refractivity contribution is -0.113. The quantitative estimate of drug-likeness (QED) is 0.719. The molecule has 0 spiro atoms. The largest absolute Gasteiger partial charge is 0.325 e. The Balaban J connectivity index is 1.64. The molecule has 1 N–H and O–H groups in total. The van der Waals surface area contributed by atoms with E-state index in [1.54, 1.807) is 16.8 Å². The first kappa shape index (κ1) is 15.5. The molecule has 3 rings (SSSR count). The third-order valence-electron chi connectivity index (χ3n) is 2.90. The van der Waals surface area contributed by atoms with Crippen LogP contribution in [0.3, 0.4) is 0 Å². The van der Waals surface area contributed by atoms with Crippen LogP contribution in [0.15, 0.2) is 59.8 Å². The summed E-state index contributed by atoms with van der Waals surface area (Å²) in [4.78, 5) is 12.0. The zero-order valence-corrected chi connectivity index (χ0v) is 13.5. The second-order valence-electron chi connectivity index (χ2n) is 4.55. The maximum atomic E-state index is 12.0. The molecule has 8 heteroatoms. The molecule has 0 aliphatic heterocycles. The number of rotatable bonds is 5. The smallest absolute Gasteiger partial charge is 0.234 e. The van der Waals surface area contributed by atoms with E-state index in [2.05, 4.69) is 20.8 Å². The Morgan fingerprint density at radius 1 is 1.13 bits per heavy atom. The molecule has 0 saturated carbocycles. The molecule has 1 aromatic heterocycles. The van der Waals surface area contributed by atoms with Gasteiger partial charge in [-0.1, -0.05) is 41.6 Å². The van der Waals surface area contributed by atoms with Gasteiger partial charge < -0.3 is 5.32 Å². The molecule has 116 valence electrons. The molecule has 3 aromatic rings. The first-order chi connectivity index (χ1) is 11.2. The molecule has 0 radical (unpaired) electrons. The van der Waals surface area contributed by atoms with Crippen LogP contribution in [0.25, 0.3) is 5.69 Å². The summed E-state index contributed by atoms with van der Waals surface area (Å²) in [6, 6.07) is 16.4. The summed E-state index contributed by atoms with van der Waals surface area (Å²) >= 11 is 7.14. The number of halogens is 1. The van der Waals surface area contributed by atoms with E-state index in [9.17, 15) is 4.79 Å². The number of thioether (sulfide) groups is 1. The summed E-state index contributed by atoms with van der Waals surface area (Å²) in [7, 11) is 0. The summed E-state index contributed by atoms with van der Waals surface area (Å²) in [5.41, 5.74) is 1.54. The van der Waals surface area contributed by atoms with Crippen molar-refractivity contribution in [1.82, 2.24) is 20.2 Å². The Morgan fingerprint density at radius 3 is 2.61 bits per heavy atom. The molecule has 0 saturated heterocycles. The third-order valence-corrected chi connectivity index (χ3v) is 4.07. The van der Waals surface area contributed by atoms with Crippen LogP contribution in [0, 0.1) is 0 Å². The SMILES string of the molecule is O=C(CSc1nnnn1-c1ccc(Cl)cc1)Nc1ccccc1. The summed E-state index contributed by atoms with van der Waals surface area (Å²) in [5, 5.41) is 15.5. The van der Waals surface area contributed by atoms with Gasteiger partial charge in [0.1, 0.15) is 0 Å². The van der Waals surface area contributed by atoms with Crippen molar-refractivity contribution in [2.75, 3.05) is 11.1 Å². The molecule has 6 nitrogen and oxygen atoms in total. The van der Waals surface area contributed by atoms with Crippen molar-refractivity contribution >= 4 is 35.0 Å². The normalized spacial score (nSPS) is 10.5. The van der Waals surface area contributed by atoms with E-state index < -0.39 is 0 Å². The summed E-state index contributed by atoms with van der Waals surface area (Å²) in [6.45, 7) is 0. The summed E-state index contributed by atoms with van der Waals surface area (Å²) in [6.07, 6.45) is 0. The van der Waals surface area contributed by atoms with Crippen LogP contribution >= 0.6 is 23.4 Å². The van der Waals surface area contributed by atoms with E-state index in [1.165, 1.54) is 11.8 Å². The van der Waals surface area contributed by atoms with Gasteiger partial charge in [0.15, 0.2) is 0 Å². The van der Waals surface area contributed by atoms with Crippen molar-refractivity contribution in [2.45, 2.75) is 5.16 Å². The molecular formula is C15H12ClN5OS. The Bertz CT molecular complexity index is 791. The standard InChI is InChI=1S/C15H12ClN5OS/c16-11-6-8-13(9-7-11)21-15(18-19-20-21)23-10-14(22)17-12-4-2-1-3-5-12/h1-9H,10H2,(H,17,22). The van der Waals surface area contributed by atoms with E-state index in [-0.39, 0.29) is 11.7 Å². The predicted octanol–water partition coefficient (Wildman–Crippen LogP) is 3.05. The van der Waals surface area contributed by atoms with E-state index in [4.69, 9.17) is 11.6 Å². The van der Waals surface area contributed by atoms with Gasteiger partial charge in [-0.25, -0.2) is 0 Å². The van der Waals surface area contributed by atoms with E-state index >= 15 is 0 Å².